The zero-order chi connectivity index (χ0) is 31.4. The van der Waals surface area contributed by atoms with E-state index in [2.05, 4.69) is 44.9 Å². The summed E-state index contributed by atoms with van der Waals surface area (Å²) in [7, 11) is -6.06. The molecule has 1 aliphatic rings. The molecule has 3 heterocycles. The molecule has 1 aliphatic heterocycles. The Kier molecular flexibility index (Phi) is 10.5. The van der Waals surface area contributed by atoms with Crippen LogP contribution in [0.1, 0.15) is 66.5 Å². The topological polar surface area (TPSA) is 135 Å². The molecule has 3 unspecified atom stereocenters. The first kappa shape index (κ1) is 33.3. The van der Waals surface area contributed by atoms with E-state index in [1.165, 1.54) is 0 Å². The van der Waals surface area contributed by atoms with Crippen LogP contribution in [-0.2, 0) is 19.6 Å². The van der Waals surface area contributed by atoms with Gasteiger partial charge >= 0.3 is 0 Å². The lowest BCUT2D eigenvalue weighted by molar-refractivity contribution is -0.0365. The molecule has 4 rings (SSSR count). The Morgan fingerprint density at radius 3 is 2.63 bits per heavy atom. The number of rotatable bonds is 13. The predicted octanol–water partition coefficient (Wildman–Crippen LogP) is 6.27. The maximum atomic E-state index is 11.0. The number of ether oxygens (including phenoxy) is 3. The van der Waals surface area contributed by atoms with E-state index in [0.29, 0.717) is 36.9 Å². The van der Waals surface area contributed by atoms with Gasteiger partial charge in [0.1, 0.15) is 23.2 Å². The van der Waals surface area contributed by atoms with Crippen molar-refractivity contribution in [2.45, 2.75) is 90.8 Å². The van der Waals surface area contributed by atoms with Crippen molar-refractivity contribution in [3.63, 3.8) is 0 Å². The van der Waals surface area contributed by atoms with E-state index in [1.807, 2.05) is 23.7 Å². The van der Waals surface area contributed by atoms with Crippen LogP contribution in [-0.4, -0.2) is 72.7 Å². The van der Waals surface area contributed by atoms with Crippen LogP contribution in [0.15, 0.2) is 30.6 Å². The first-order valence-corrected chi connectivity index (χ1v) is 19.5. The molecule has 2 aromatic heterocycles. The van der Waals surface area contributed by atoms with Gasteiger partial charge in [-0.25, -0.2) is 9.67 Å². The molecule has 3 atom stereocenters. The van der Waals surface area contributed by atoms with Crippen LogP contribution in [0.3, 0.4) is 0 Å². The summed E-state index contributed by atoms with van der Waals surface area (Å²) in [6, 6.07) is 6.12. The van der Waals surface area contributed by atoms with Crippen LogP contribution >= 0.6 is 0 Å². The average Bonchev–Trinajstić information content (AvgIpc) is 3.29. The van der Waals surface area contributed by atoms with Crippen LogP contribution in [0, 0.1) is 5.92 Å². The summed E-state index contributed by atoms with van der Waals surface area (Å²) in [5.41, 5.74) is 2.20. The van der Waals surface area contributed by atoms with Crippen molar-refractivity contribution in [3.8, 4) is 23.0 Å². The van der Waals surface area contributed by atoms with Crippen LogP contribution in [0.25, 0.3) is 22.3 Å². The molecule has 0 amide bonds. The fourth-order valence-electron chi connectivity index (χ4n) is 4.69. The molecule has 0 saturated carbocycles. The maximum absolute atomic E-state index is 11.0. The number of hydrogen-bond acceptors (Lipinski definition) is 9. The normalized spacial score (nSPS) is 18.0. The van der Waals surface area contributed by atoms with E-state index in [9.17, 15) is 8.42 Å². The Bertz CT molecular complexity index is 1480. The molecule has 0 radical (unpaired) electrons. The Balaban J connectivity index is 1.54. The van der Waals surface area contributed by atoms with Gasteiger partial charge in [0.05, 0.1) is 30.3 Å². The molecule has 1 N–H and O–H groups in total. The molecule has 1 fully saturated rings. The summed E-state index contributed by atoms with van der Waals surface area (Å²) in [5.74, 6) is 0.654. The van der Waals surface area contributed by atoms with Gasteiger partial charge in [-0.3, -0.25) is 9.54 Å². The number of hydrogen-bond donors (Lipinski definition) is 1. The summed E-state index contributed by atoms with van der Waals surface area (Å²) >= 11 is 0. The van der Waals surface area contributed by atoms with E-state index in [-0.39, 0.29) is 35.6 Å². The number of nitrogens with zero attached hydrogens (tertiary/aromatic N) is 4. The van der Waals surface area contributed by atoms with Crippen molar-refractivity contribution < 1.29 is 31.6 Å². The molecule has 238 valence electrons. The second-order valence-electron chi connectivity index (χ2n) is 13.0. The first-order valence-electron chi connectivity index (χ1n) is 15.0. The summed E-state index contributed by atoms with van der Waals surface area (Å²) in [6.07, 6.45) is 6.28. The highest BCUT2D eigenvalue weighted by atomic mass is 32.2. The van der Waals surface area contributed by atoms with Gasteiger partial charge in [-0.05, 0) is 74.9 Å². The minimum absolute atomic E-state index is 0.0563. The van der Waals surface area contributed by atoms with Crippen molar-refractivity contribution in [1.82, 2.24) is 19.7 Å². The first-order chi connectivity index (χ1) is 20.1. The molecule has 1 saturated heterocycles. The Morgan fingerprint density at radius 1 is 1.19 bits per heavy atom. The van der Waals surface area contributed by atoms with Gasteiger partial charge in [0.15, 0.2) is 6.23 Å². The van der Waals surface area contributed by atoms with Crippen molar-refractivity contribution in [2.75, 3.05) is 25.6 Å². The Labute approximate surface area is 256 Å². The molecule has 13 heteroatoms. The fraction of sp³-hybridized carbons (Fsp3) is 0.633. The smallest absolute Gasteiger partial charge is 0.265 e. The minimum atomic E-state index is -3.99. The molecule has 43 heavy (non-hydrogen) atoms. The summed E-state index contributed by atoms with van der Waals surface area (Å²) in [5, 5.41) is 5.96. The molecular formula is C30H46N4O7SSi. The molecule has 1 aromatic carbocycles. The zero-order valence-electron chi connectivity index (χ0n) is 26.4. The molecule has 0 spiro atoms. The standard InChI is InChI=1S/C30H46N4O7SSi/c1-21(20-42(35,36)37)13-15-38-19-22(2)40-27-18-31-17-25(32-27)29-24-16-23(41-43(6,7)30(3,4)5)11-12-26(24)34(33-29)28-10-8-9-14-39-28/h11-12,16-18,21-22,28H,8-10,13-15,19-20H2,1-7H3,(H,35,36,37). The lowest BCUT2D eigenvalue weighted by Crippen LogP contribution is -2.43. The van der Waals surface area contributed by atoms with Crippen molar-refractivity contribution in [3.05, 3.63) is 30.6 Å². The second kappa shape index (κ2) is 13.6. The van der Waals surface area contributed by atoms with E-state index < -0.39 is 18.4 Å². The van der Waals surface area contributed by atoms with Gasteiger partial charge in [-0.1, -0.05) is 27.7 Å². The Hall–Kier alpha value is -2.58. The van der Waals surface area contributed by atoms with Crippen LogP contribution in [0.5, 0.6) is 11.6 Å². The molecule has 0 aliphatic carbocycles. The highest BCUT2D eigenvalue weighted by molar-refractivity contribution is 7.85. The van der Waals surface area contributed by atoms with Crippen LogP contribution in [0.4, 0.5) is 0 Å². The van der Waals surface area contributed by atoms with Gasteiger partial charge in [-0.15, -0.1) is 0 Å². The van der Waals surface area contributed by atoms with Gasteiger partial charge in [0.25, 0.3) is 10.1 Å². The van der Waals surface area contributed by atoms with Crippen LogP contribution in [0.2, 0.25) is 18.1 Å². The van der Waals surface area contributed by atoms with Gasteiger partial charge in [0, 0.05) is 18.6 Å². The van der Waals surface area contributed by atoms with E-state index in [4.69, 9.17) is 33.3 Å². The third-order valence-electron chi connectivity index (χ3n) is 8.06. The molecule has 0 bridgehead atoms. The van der Waals surface area contributed by atoms with Crippen molar-refractivity contribution >= 4 is 29.3 Å². The van der Waals surface area contributed by atoms with E-state index in [1.54, 1.807) is 19.3 Å². The lowest BCUT2D eigenvalue weighted by atomic mass is 10.1. The van der Waals surface area contributed by atoms with Crippen molar-refractivity contribution in [2.24, 2.45) is 5.92 Å². The highest BCUT2D eigenvalue weighted by Gasteiger charge is 2.39. The lowest BCUT2D eigenvalue weighted by Gasteiger charge is -2.36. The quantitative estimate of drug-likeness (QED) is 0.130. The van der Waals surface area contributed by atoms with E-state index >= 15 is 0 Å². The molecule has 3 aromatic rings. The minimum Gasteiger partial charge on any atom is -0.543 e. The highest BCUT2D eigenvalue weighted by Crippen LogP contribution is 2.39. The third kappa shape index (κ3) is 8.97. The van der Waals surface area contributed by atoms with Crippen molar-refractivity contribution in [1.29, 1.82) is 0 Å². The fourth-order valence-corrected chi connectivity index (χ4v) is 6.60. The molecular weight excluding hydrogens is 589 g/mol. The largest absolute Gasteiger partial charge is 0.543 e. The number of fused-ring (bicyclic) bond motifs is 1. The maximum Gasteiger partial charge on any atom is 0.265 e. The average molecular weight is 635 g/mol. The monoisotopic (exact) mass is 634 g/mol. The SMILES string of the molecule is CC(CCOCC(C)Oc1cncc(-c2nn(C3CCCCO3)c3ccc(O[Si](C)(C)C(C)(C)C)cc23)n1)CS(=O)(=O)O. The van der Waals surface area contributed by atoms with Gasteiger partial charge < -0.3 is 18.6 Å². The van der Waals surface area contributed by atoms with Crippen LogP contribution < -0.4 is 9.16 Å². The summed E-state index contributed by atoms with van der Waals surface area (Å²) in [4.78, 5) is 9.15. The molecule has 11 nitrogen and oxygen atoms in total. The number of benzene rings is 1. The second-order valence-corrected chi connectivity index (χ2v) is 19.3. The van der Waals surface area contributed by atoms with E-state index in [0.717, 1.165) is 35.9 Å². The third-order valence-corrected chi connectivity index (χ3v) is 13.4. The predicted molar refractivity (Wildman–Crippen MR) is 169 cm³/mol. The Morgan fingerprint density at radius 2 is 1.95 bits per heavy atom. The van der Waals surface area contributed by atoms with Gasteiger partial charge in [-0.2, -0.15) is 13.5 Å². The summed E-state index contributed by atoms with van der Waals surface area (Å²) < 4.78 is 57.5. The van der Waals surface area contributed by atoms with Gasteiger partial charge in [0.2, 0.25) is 14.2 Å². The number of aromatic nitrogens is 4. The zero-order valence-corrected chi connectivity index (χ0v) is 28.2. The summed E-state index contributed by atoms with van der Waals surface area (Å²) in [6.45, 7) is 16.1.